The SMILES string of the molecule is CC1(C)c2cccc([PH+](c3ccccc3)c3ccccc3)c2Oc2c([PH+](c3ccccc3)c3ccccc3)cccc21.Cc1cc(-c2ccccc2)cc(-c2cc(-c3ccccc3)cc(C)n2)n1.F[P-](F)(F)(F)(F)F.[Cu+]. The van der Waals surface area contributed by atoms with Crippen molar-refractivity contribution < 1.29 is 47.0 Å². The molecule has 0 saturated heterocycles. The van der Waals surface area contributed by atoms with E-state index in [2.05, 4.69) is 244 Å². The summed E-state index contributed by atoms with van der Waals surface area (Å²) >= 11 is 0. The van der Waals surface area contributed by atoms with E-state index in [4.69, 9.17) is 14.7 Å². The molecule has 0 fully saturated rings. The largest absolute Gasteiger partial charge is 1.00 e. The number of hydrogen-bond donors (Lipinski definition) is 0. The van der Waals surface area contributed by atoms with Gasteiger partial charge in [0.25, 0.3) is 0 Å². The Morgan fingerprint density at radius 3 is 0.934 bits per heavy atom. The van der Waals surface area contributed by atoms with Crippen molar-refractivity contribution in [2.45, 2.75) is 33.1 Å². The summed E-state index contributed by atoms with van der Waals surface area (Å²) in [6.45, 7) is 8.78. The van der Waals surface area contributed by atoms with Crippen molar-refractivity contribution in [1.82, 2.24) is 9.97 Å². The van der Waals surface area contributed by atoms with Crippen molar-refractivity contribution in [3.63, 3.8) is 0 Å². The maximum Gasteiger partial charge on any atom is 1.00 e. The third-order valence-corrected chi connectivity index (χ3v) is 18.3. The van der Waals surface area contributed by atoms with Crippen LogP contribution in [0.3, 0.4) is 0 Å². The molecule has 3 heterocycles. The van der Waals surface area contributed by atoms with Crippen LogP contribution in [0.15, 0.2) is 243 Å². The van der Waals surface area contributed by atoms with Gasteiger partial charge in [-0.1, -0.05) is 172 Å². The average Bonchev–Trinajstić information content (AvgIpc) is 3.44. The monoisotopic (exact) mass is 1120 g/mol. The minimum atomic E-state index is -10.7. The summed E-state index contributed by atoms with van der Waals surface area (Å²) in [7, 11) is -13.3. The molecule has 2 aromatic heterocycles. The quantitative estimate of drug-likeness (QED) is 0.0821. The van der Waals surface area contributed by atoms with Gasteiger partial charge in [-0.05, 0) is 121 Å². The van der Waals surface area contributed by atoms with Crippen LogP contribution in [0.25, 0.3) is 33.6 Å². The van der Waals surface area contributed by atoms with Crippen LogP contribution < -0.4 is 36.6 Å². The number of pyridine rings is 2. The molecule has 0 unspecified atom stereocenters. The van der Waals surface area contributed by atoms with Crippen LogP contribution in [-0.4, -0.2) is 9.97 Å². The van der Waals surface area contributed by atoms with Gasteiger partial charge in [-0.2, -0.15) is 0 Å². The van der Waals surface area contributed by atoms with Crippen LogP contribution in [0.1, 0.15) is 36.4 Å². The molecular formula is C63H54CuF6N2OP3+2. The minimum Gasteiger partial charge on any atom is 1.00 e. The van der Waals surface area contributed by atoms with Gasteiger partial charge in [-0.25, -0.2) is 0 Å². The number of fused-ring (bicyclic) bond motifs is 2. The summed E-state index contributed by atoms with van der Waals surface area (Å²) in [6, 6.07) is 86.8. The topological polar surface area (TPSA) is 35.0 Å². The molecule has 76 heavy (non-hydrogen) atoms. The molecule has 3 nitrogen and oxygen atoms in total. The Balaban J connectivity index is 0.000000192. The summed E-state index contributed by atoms with van der Waals surface area (Å²) < 4.78 is 66.5. The minimum absolute atomic E-state index is 0. The Bertz CT molecular complexity index is 3260. The molecule has 1 aliphatic heterocycles. The summed E-state index contributed by atoms with van der Waals surface area (Å²) in [6.07, 6.45) is 0. The number of rotatable bonds is 9. The number of para-hydroxylation sites is 2. The fourth-order valence-electron chi connectivity index (χ4n) is 9.49. The standard InChI is InChI=1S/C39H32OP2.C24H20N2.Cu.F6P/c1-39(2)33-25-15-27-35(41(29-17-7-3-8-18-29)30-19-9-4-10-20-30)37(33)40-38-34(39)26-16-28-36(38)42(31-21-11-5-12-22-31)32-23-13-6-14-24-32;1-17-13-21(19-9-5-3-6-10-19)15-23(25-17)24-16-22(14-18(2)26-24)20-11-7-4-8-12-20;;1-7(2,3,4,5)6/h3-28H,1-2H3;3-16H,1-2H3;;/q;;+1;-1/p+2. The zero-order chi connectivity index (χ0) is 52.9. The van der Waals surface area contributed by atoms with E-state index >= 15 is 0 Å². The van der Waals surface area contributed by atoms with Crippen LogP contribution in [0.5, 0.6) is 11.5 Å². The van der Waals surface area contributed by atoms with Crippen molar-refractivity contribution in [3.05, 3.63) is 265 Å². The van der Waals surface area contributed by atoms with E-state index in [1.807, 2.05) is 26.0 Å². The van der Waals surface area contributed by atoms with Gasteiger partial charge in [0, 0.05) is 27.9 Å². The summed E-state index contributed by atoms with van der Waals surface area (Å²) in [5.41, 5.74) is 10.8. The fourth-order valence-corrected chi connectivity index (χ4v) is 14.9. The molecular weight excluding hydrogens is 1070 g/mol. The first-order valence-corrected chi connectivity index (χ1v) is 29.4. The van der Waals surface area contributed by atoms with Crippen LogP contribution in [0.4, 0.5) is 25.2 Å². The van der Waals surface area contributed by atoms with Gasteiger partial charge in [-0.3, -0.25) is 9.97 Å². The summed E-state index contributed by atoms with van der Waals surface area (Å²) in [5.74, 6) is 2.07. The smallest absolute Gasteiger partial charge is 1.00 e. The molecule has 11 rings (SSSR count). The summed E-state index contributed by atoms with van der Waals surface area (Å²) in [4.78, 5) is 9.49. The van der Waals surface area contributed by atoms with Gasteiger partial charge in [0.1, 0.15) is 47.7 Å². The van der Waals surface area contributed by atoms with Crippen molar-refractivity contribution in [2.24, 2.45) is 0 Å². The first-order chi connectivity index (χ1) is 35.8. The van der Waals surface area contributed by atoms with Crippen LogP contribution >= 0.6 is 23.7 Å². The Morgan fingerprint density at radius 2 is 0.645 bits per heavy atom. The Morgan fingerprint density at radius 1 is 0.368 bits per heavy atom. The van der Waals surface area contributed by atoms with Crippen molar-refractivity contribution in [2.75, 3.05) is 0 Å². The molecule has 1 aliphatic rings. The van der Waals surface area contributed by atoms with Crippen molar-refractivity contribution >= 4 is 55.5 Å². The van der Waals surface area contributed by atoms with E-state index in [0.717, 1.165) is 45.4 Å². The van der Waals surface area contributed by atoms with E-state index in [-0.39, 0.29) is 22.5 Å². The normalized spacial score (nSPS) is 13.2. The molecule has 13 heteroatoms. The van der Waals surface area contributed by atoms with Gasteiger partial charge >= 0.3 is 50.1 Å². The Labute approximate surface area is 453 Å². The number of aromatic nitrogens is 2. The number of hydrogen-bond acceptors (Lipinski definition) is 3. The molecule has 0 atom stereocenters. The summed E-state index contributed by atoms with van der Waals surface area (Å²) in [5, 5.41) is 8.05. The van der Waals surface area contributed by atoms with Crippen molar-refractivity contribution in [3.8, 4) is 45.1 Å². The van der Waals surface area contributed by atoms with E-state index in [0.29, 0.717) is 0 Å². The molecule has 0 N–H and O–H groups in total. The molecule has 0 radical (unpaired) electrons. The van der Waals surface area contributed by atoms with Crippen LogP contribution in [0.2, 0.25) is 0 Å². The predicted octanol–water partition coefficient (Wildman–Crippen LogP) is 16.6. The zero-order valence-corrected chi connectivity index (χ0v) is 45.7. The Kier molecular flexibility index (Phi) is 16.4. The molecule has 0 spiro atoms. The van der Waals surface area contributed by atoms with E-state index < -0.39 is 23.7 Å². The third kappa shape index (κ3) is 14.0. The Hall–Kier alpha value is -6.75. The van der Waals surface area contributed by atoms with Crippen LogP contribution in [-0.2, 0) is 22.5 Å². The van der Waals surface area contributed by atoms with E-state index in [9.17, 15) is 25.2 Å². The van der Waals surface area contributed by atoms with E-state index in [1.54, 1.807) is 0 Å². The molecule has 8 aromatic carbocycles. The second-order valence-corrected chi connectivity index (χ2v) is 25.6. The molecule has 0 aliphatic carbocycles. The van der Waals surface area contributed by atoms with Gasteiger partial charge in [0.15, 0.2) is 11.5 Å². The fraction of sp³-hybridized carbons (Fsp3) is 0.0794. The average molecular weight is 1130 g/mol. The first kappa shape index (κ1) is 55.5. The van der Waals surface area contributed by atoms with Crippen molar-refractivity contribution in [1.29, 1.82) is 0 Å². The first-order valence-electron chi connectivity index (χ1n) is 24.3. The number of halogens is 6. The number of benzene rings is 8. The van der Waals surface area contributed by atoms with Gasteiger partial charge < -0.3 is 4.74 Å². The molecule has 0 bridgehead atoms. The van der Waals surface area contributed by atoms with E-state index in [1.165, 1.54) is 54.1 Å². The predicted molar refractivity (Wildman–Crippen MR) is 307 cm³/mol. The van der Waals surface area contributed by atoms with Gasteiger partial charge in [0.05, 0.1) is 11.4 Å². The number of aryl methyl sites for hydroxylation is 2. The second-order valence-electron chi connectivity index (χ2n) is 18.8. The third-order valence-electron chi connectivity index (χ3n) is 12.8. The maximum atomic E-state index is 9.87. The zero-order valence-electron chi connectivity index (χ0n) is 41.9. The molecule has 388 valence electrons. The van der Waals surface area contributed by atoms with Crippen LogP contribution in [0, 0.1) is 13.8 Å². The maximum absolute atomic E-state index is 10.7. The molecule has 0 amide bonds. The second kappa shape index (κ2) is 22.5. The molecule has 0 saturated carbocycles. The molecule has 10 aromatic rings. The number of ether oxygens (including phenoxy) is 1. The van der Waals surface area contributed by atoms with Gasteiger partial charge in [-0.15, -0.1) is 0 Å². The number of nitrogens with zero attached hydrogens (tertiary/aromatic N) is 2. The van der Waals surface area contributed by atoms with Gasteiger partial charge in [0.2, 0.25) is 0 Å².